The van der Waals surface area contributed by atoms with Gasteiger partial charge in [0.1, 0.15) is 11.4 Å². The number of methoxy groups -OCH3 is 1. The van der Waals surface area contributed by atoms with Crippen LogP contribution in [0.25, 0.3) is 0 Å². The lowest BCUT2D eigenvalue weighted by atomic mass is 9.74. The summed E-state index contributed by atoms with van der Waals surface area (Å²) in [6.45, 7) is 7.36. The molecule has 2 heterocycles. The maximum absolute atomic E-state index is 12.5. The highest BCUT2D eigenvalue weighted by Crippen LogP contribution is 2.50. The molecule has 124 valence electrons. The fraction of sp³-hybridized carbons (Fsp3) is 0.556. The van der Waals surface area contributed by atoms with Gasteiger partial charge in [-0.05, 0) is 25.0 Å². The van der Waals surface area contributed by atoms with Gasteiger partial charge in [0.2, 0.25) is 5.91 Å². The Kier molecular flexibility index (Phi) is 3.91. The first-order valence-corrected chi connectivity index (χ1v) is 8.38. The van der Waals surface area contributed by atoms with Gasteiger partial charge in [0, 0.05) is 40.7 Å². The van der Waals surface area contributed by atoms with Crippen LogP contribution >= 0.6 is 11.6 Å². The zero-order valence-corrected chi connectivity index (χ0v) is 14.9. The number of rotatable bonds is 1. The number of likely N-dealkylation sites (tertiary alicyclic amines) is 1. The average molecular weight is 335 g/mol. The molecule has 1 aromatic rings. The fourth-order valence-corrected chi connectivity index (χ4v) is 3.87. The van der Waals surface area contributed by atoms with Gasteiger partial charge in [0.05, 0.1) is 7.11 Å². The van der Waals surface area contributed by atoms with Crippen LogP contribution in [0.2, 0.25) is 5.02 Å². The van der Waals surface area contributed by atoms with Crippen molar-refractivity contribution in [2.75, 3.05) is 20.2 Å². The van der Waals surface area contributed by atoms with Crippen molar-refractivity contribution < 1.29 is 9.53 Å². The Bertz CT molecular complexity index is 668. The van der Waals surface area contributed by atoms with E-state index in [1.54, 1.807) is 7.11 Å². The smallest absolute Gasteiger partial charge is 0.227 e. The van der Waals surface area contributed by atoms with Gasteiger partial charge < -0.3 is 9.64 Å². The summed E-state index contributed by atoms with van der Waals surface area (Å²) in [6.07, 6.45) is 3.70. The number of carbonyl (C=O) groups excluding carboxylic acids is 1. The van der Waals surface area contributed by atoms with Crippen molar-refractivity contribution in [3.63, 3.8) is 0 Å². The van der Waals surface area contributed by atoms with Crippen LogP contribution in [0.3, 0.4) is 0 Å². The Hall–Kier alpha value is -1.55. The second-order valence-corrected chi connectivity index (χ2v) is 7.84. The van der Waals surface area contributed by atoms with Gasteiger partial charge in [0.25, 0.3) is 0 Å². The molecular formula is C18H23ClN2O2. The molecule has 0 saturated carbocycles. The van der Waals surface area contributed by atoms with Crippen LogP contribution in [0, 0.1) is 5.41 Å². The van der Waals surface area contributed by atoms with Crippen LogP contribution < -0.4 is 4.74 Å². The summed E-state index contributed by atoms with van der Waals surface area (Å²) in [4.78, 5) is 19.0. The summed E-state index contributed by atoms with van der Waals surface area (Å²) in [6, 6.07) is 3.73. The van der Waals surface area contributed by atoms with Crippen molar-refractivity contribution in [2.24, 2.45) is 10.4 Å². The molecule has 0 aromatic heterocycles. The first kappa shape index (κ1) is 16.3. The Balaban J connectivity index is 1.87. The zero-order valence-electron chi connectivity index (χ0n) is 14.1. The van der Waals surface area contributed by atoms with Crippen LogP contribution in [0.5, 0.6) is 5.75 Å². The quantitative estimate of drug-likeness (QED) is 0.779. The van der Waals surface area contributed by atoms with Crippen molar-refractivity contribution in [3.8, 4) is 5.75 Å². The number of carbonyl (C=O) groups is 1. The Labute approximate surface area is 142 Å². The number of nitrogens with zero attached hydrogens (tertiary/aromatic N) is 2. The molecule has 1 aromatic carbocycles. The third-order valence-corrected chi connectivity index (χ3v) is 5.15. The highest BCUT2D eigenvalue weighted by Gasteiger charge is 2.43. The van der Waals surface area contributed by atoms with E-state index >= 15 is 0 Å². The maximum atomic E-state index is 12.5. The van der Waals surface area contributed by atoms with E-state index in [1.165, 1.54) is 0 Å². The third kappa shape index (κ3) is 2.63. The Morgan fingerprint density at radius 2 is 1.96 bits per heavy atom. The lowest BCUT2D eigenvalue weighted by molar-refractivity contribution is -0.140. The minimum atomic E-state index is -0.340. The molecule has 4 nitrogen and oxygen atoms in total. The Morgan fingerprint density at radius 1 is 1.30 bits per heavy atom. The summed E-state index contributed by atoms with van der Waals surface area (Å²) < 4.78 is 5.41. The van der Waals surface area contributed by atoms with Gasteiger partial charge >= 0.3 is 0 Å². The normalized spacial score (nSPS) is 19.1. The van der Waals surface area contributed by atoms with Gasteiger partial charge in [-0.1, -0.05) is 32.4 Å². The van der Waals surface area contributed by atoms with Crippen molar-refractivity contribution in [2.45, 2.75) is 39.0 Å². The van der Waals surface area contributed by atoms with Crippen molar-refractivity contribution in [1.82, 2.24) is 4.90 Å². The number of benzene rings is 1. The molecule has 1 saturated heterocycles. The van der Waals surface area contributed by atoms with Gasteiger partial charge in [-0.2, -0.15) is 0 Å². The number of hydrogen-bond acceptors (Lipinski definition) is 3. The molecule has 23 heavy (non-hydrogen) atoms. The Morgan fingerprint density at radius 3 is 2.52 bits per heavy atom. The molecule has 1 spiro atoms. The maximum Gasteiger partial charge on any atom is 0.227 e. The van der Waals surface area contributed by atoms with E-state index in [9.17, 15) is 4.79 Å². The molecule has 0 aliphatic carbocycles. The van der Waals surface area contributed by atoms with Crippen LogP contribution in [0.15, 0.2) is 17.1 Å². The van der Waals surface area contributed by atoms with Crippen LogP contribution in [0.4, 0.5) is 5.69 Å². The van der Waals surface area contributed by atoms with Crippen LogP contribution in [0.1, 0.15) is 39.2 Å². The monoisotopic (exact) mass is 334 g/mol. The highest BCUT2D eigenvalue weighted by molar-refractivity contribution is 6.32. The molecule has 0 unspecified atom stereocenters. The molecule has 2 aliphatic heterocycles. The highest BCUT2D eigenvalue weighted by atomic mass is 35.5. The van der Waals surface area contributed by atoms with Crippen molar-refractivity contribution in [3.05, 3.63) is 22.7 Å². The fourth-order valence-electron chi connectivity index (χ4n) is 3.53. The van der Waals surface area contributed by atoms with Crippen LogP contribution in [-0.4, -0.2) is 37.2 Å². The second kappa shape index (κ2) is 5.52. The van der Waals surface area contributed by atoms with Gasteiger partial charge in [-0.25, -0.2) is 0 Å². The minimum Gasteiger partial charge on any atom is -0.494 e. The second-order valence-electron chi connectivity index (χ2n) is 7.43. The molecule has 5 heteroatoms. The van der Waals surface area contributed by atoms with Crippen molar-refractivity contribution >= 4 is 29.4 Å². The number of halogens is 1. The molecular weight excluding hydrogens is 312 g/mol. The van der Waals surface area contributed by atoms with Gasteiger partial charge in [-0.3, -0.25) is 9.79 Å². The number of aliphatic imine (C=N–C) groups is 1. The number of hydrogen-bond donors (Lipinski definition) is 0. The predicted octanol–water partition coefficient (Wildman–Crippen LogP) is 3.97. The van der Waals surface area contributed by atoms with E-state index in [1.807, 2.05) is 44.0 Å². The van der Waals surface area contributed by atoms with E-state index in [4.69, 9.17) is 16.3 Å². The van der Waals surface area contributed by atoms with E-state index in [2.05, 4.69) is 4.99 Å². The standard InChI is InChI=1S/C18H23ClN2O2/c1-17(2,3)16(22)21-9-7-18(8-10-21)11-20-15-13(23-4)6-5-12(19)14(15)18/h5-6,11H,7-10H2,1-4H3. The molecule has 0 atom stereocenters. The van der Waals surface area contributed by atoms with Crippen LogP contribution in [-0.2, 0) is 10.2 Å². The summed E-state index contributed by atoms with van der Waals surface area (Å²) >= 11 is 6.48. The van der Waals surface area contributed by atoms with E-state index < -0.39 is 0 Å². The number of piperidine rings is 1. The lowest BCUT2D eigenvalue weighted by Crippen LogP contribution is -2.48. The van der Waals surface area contributed by atoms with E-state index in [0.717, 1.165) is 48.0 Å². The van der Waals surface area contributed by atoms with E-state index in [0.29, 0.717) is 0 Å². The molecule has 1 fully saturated rings. The van der Waals surface area contributed by atoms with Gasteiger partial charge in [0.15, 0.2) is 0 Å². The number of fused-ring (bicyclic) bond motifs is 2. The molecule has 3 rings (SSSR count). The molecule has 0 N–H and O–H groups in total. The average Bonchev–Trinajstić information content (AvgIpc) is 2.87. The molecule has 0 radical (unpaired) electrons. The first-order valence-electron chi connectivity index (χ1n) is 8.00. The largest absolute Gasteiger partial charge is 0.494 e. The summed E-state index contributed by atoms with van der Waals surface area (Å²) in [7, 11) is 1.65. The molecule has 2 aliphatic rings. The number of ether oxygens (including phenoxy) is 1. The van der Waals surface area contributed by atoms with Crippen molar-refractivity contribution in [1.29, 1.82) is 0 Å². The first-order chi connectivity index (χ1) is 10.8. The number of amides is 1. The van der Waals surface area contributed by atoms with Gasteiger partial charge in [-0.15, -0.1) is 0 Å². The topological polar surface area (TPSA) is 41.9 Å². The lowest BCUT2D eigenvalue weighted by Gasteiger charge is -2.40. The summed E-state index contributed by atoms with van der Waals surface area (Å²) in [5.41, 5.74) is 1.39. The molecule has 0 bridgehead atoms. The molecule has 1 amide bonds. The SMILES string of the molecule is COc1ccc(Cl)c2c1N=CC21CCN(C(=O)C(C)(C)C)CC1. The third-order valence-electron chi connectivity index (χ3n) is 4.83. The zero-order chi connectivity index (χ0) is 16.8. The summed E-state index contributed by atoms with van der Waals surface area (Å²) in [5, 5.41) is 0.730. The minimum absolute atomic E-state index is 0.171. The predicted molar refractivity (Wildman–Crippen MR) is 93.1 cm³/mol. The summed E-state index contributed by atoms with van der Waals surface area (Å²) in [5.74, 6) is 0.963. The van der Waals surface area contributed by atoms with E-state index in [-0.39, 0.29) is 16.7 Å².